The molecule has 3 fully saturated rings. The van der Waals surface area contributed by atoms with Crippen LogP contribution in [0.1, 0.15) is 44.6 Å². The molecule has 0 radical (unpaired) electrons. The van der Waals surface area contributed by atoms with Crippen LogP contribution in [0, 0.1) is 23.6 Å². The van der Waals surface area contributed by atoms with Crippen LogP contribution < -0.4 is 10.6 Å². The first-order valence-electron chi connectivity index (χ1n) is 12.1. The van der Waals surface area contributed by atoms with Crippen molar-refractivity contribution in [2.75, 3.05) is 19.8 Å². The van der Waals surface area contributed by atoms with Gasteiger partial charge in [-0.1, -0.05) is 18.6 Å². The molecule has 0 aromatic heterocycles. The number of nitrogens with zero attached hydrogens (tertiary/aromatic N) is 1. The molecule has 0 bridgehead atoms. The van der Waals surface area contributed by atoms with Crippen molar-refractivity contribution in [1.29, 1.82) is 0 Å². The lowest BCUT2D eigenvalue weighted by atomic mass is 9.91. The summed E-state index contributed by atoms with van der Waals surface area (Å²) in [5.41, 5.74) is -2.73. The molecule has 190 valence electrons. The molecule has 6 atom stereocenters. The summed E-state index contributed by atoms with van der Waals surface area (Å²) in [4.78, 5) is 52.3. The zero-order chi connectivity index (χ0) is 25.3. The van der Waals surface area contributed by atoms with Crippen LogP contribution in [-0.2, 0) is 24.8 Å². The fraction of sp³-hybridized carbons (Fsp3) is 0.600. The summed E-state index contributed by atoms with van der Waals surface area (Å²) >= 11 is 0. The average Bonchev–Trinajstić information content (AvgIpc) is 3.53. The Morgan fingerprint density at radius 2 is 2.03 bits per heavy atom. The monoisotopic (exact) mass is 493 g/mol. The highest BCUT2D eigenvalue weighted by molar-refractivity contribution is 5.96. The minimum atomic E-state index is -2.57. The Bertz CT molecular complexity index is 1020. The van der Waals surface area contributed by atoms with Gasteiger partial charge >= 0.3 is 0 Å². The summed E-state index contributed by atoms with van der Waals surface area (Å²) in [6, 6.07) is 2.46. The summed E-state index contributed by atoms with van der Waals surface area (Å²) < 4.78 is 42.8. The van der Waals surface area contributed by atoms with Crippen LogP contribution in [0.15, 0.2) is 24.3 Å². The van der Waals surface area contributed by atoms with Crippen LogP contribution in [-0.4, -0.2) is 60.3 Å². The molecule has 2 N–H and O–H groups in total. The fourth-order valence-corrected chi connectivity index (χ4v) is 5.80. The first-order valence-corrected chi connectivity index (χ1v) is 12.1. The lowest BCUT2D eigenvalue weighted by molar-refractivity contribution is -0.149. The second-order valence-electron chi connectivity index (χ2n) is 9.94. The molecule has 2 heterocycles. The van der Waals surface area contributed by atoms with E-state index in [4.69, 9.17) is 0 Å². The Morgan fingerprint density at radius 3 is 2.69 bits per heavy atom. The van der Waals surface area contributed by atoms with Gasteiger partial charge in [0.25, 0.3) is 5.91 Å². The summed E-state index contributed by atoms with van der Waals surface area (Å²) in [5, 5.41) is 5.22. The lowest BCUT2D eigenvalue weighted by Gasteiger charge is -2.33. The van der Waals surface area contributed by atoms with Crippen molar-refractivity contribution in [3.8, 4) is 0 Å². The van der Waals surface area contributed by atoms with E-state index in [-0.39, 0.29) is 36.3 Å². The van der Waals surface area contributed by atoms with E-state index in [1.54, 1.807) is 0 Å². The predicted molar refractivity (Wildman–Crippen MR) is 120 cm³/mol. The van der Waals surface area contributed by atoms with Crippen molar-refractivity contribution in [1.82, 2.24) is 15.5 Å². The number of carbonyl (C=O) groups is 4. The van der Waals surface area contributed by atoms with Gasteiger partial charge in [-0.3, -0.25) is 19.2 Å². The maximum absolute atomic E-state index is 15.8. The molecule has 2 saturated heterocycles. The molecule has 4 rings (SSSR count). The molecule has 1 aliphatic carbocycles. The van der Waals surface area contributed by atoms with E-state index in [0.717, 1.165) is 31.9 Å². The third kappa shape index (κ3) is 4.92. The molecule has 0 spiro atoms. The molecule has 3 aliphatic rings. The third-order valence-corrected chi connectivity index (χ3v) is 7.71. The number of rotatable bonds is 8. The van der Waals surface area contributed by atoms with Crippen LogP contribution in [0.4, 0.5) is 13.2 Å². The smallest absolute Gasteiger partial charge is 0.265 e. The topological polar surface area (TPSA) is 95.6 Å². The van der Waals surface area contributed by atoms with Crippen LogP contribution >= 0.6 is 0 Å². The number of amides is 3. The fourth-order valence-electron chi connectivity index (χ4n) is 5.80. The molecule has 1 aromatic rings. The quantitative estimate of drug-likeness (QED) is 0.581. The second kappa shape index (κ2) is 9.99. The SMILES string of the molecule is C[C@](F)(C(=O)N1C[C@H]2CCC[C@H]2[C@@H]1C(=O)N[C@H](C[C@H]1CCNC1=O)C(=O)CF)c1cccc(F)c1. The standard InChI is InChI=1S/C25H30F3N3O4/c1-25(28,16-5-3-6-17(27)11-16)24(35)31-13-15-4-2-7-18(15)21(31)23(34)30-19(20(32)12-26)10-14-8-9-29-22(14)33/h3,5-6,11,14-15,18-19,21H,2,4,7-10,12-13H2,1H3,(H,29,33)(H,30,34)/t14-,15-,18-,19-,21-,25-/m1/s1. The minimum absolute atomic E-state index is 0.00561. The Labute approximate surface area is 201 Å². The number of carbonyl (C=O) groups excluding carboxylic acids is 4. The van der Waals surface area contributed by atoms with Crippen molar-refractivity contribution in [2.45, 2.75) is 56.8 Å². The van der Waals surface area contributed by atoms with Gasteiger partial charge in [-0.25, -0.2) is 13.2 Å². The van der Waals surface area contributed by atoms with E-state index in [2.05, 4.69) is 10.6 Å². The summed E-state index contributed by atoms with van der Waals surface area (Å²) in [5.74, 6) is -4.17. The molecule has 7 nitrogen and oxygen atoms in total. The highest BCUT2D eigenvalue weighted by atomic mass is 19.1. The van der Waals surface area contributed by atoms with Gasteiger partial charge in [-0.15, -0.1) is 0 Å². The van der Waals surface area contributed by atoms with Gasteiger partial charge < -0.3 is 15.5 Å². The normalized spacial score (nSPS) is 28.2. The molecule has 35 heavy (non-hydrogen) atoms. The number of fused-ring (bicyclic) bond motifs is 1. The van der Waals surface area contributed by atoms with Gasteiger partial charge in [0, 0.05) is 24.6 Å². The van der Waals surface area contributed by atoms with Gasteiger partial charge in [-0.05, 0) is 56.6 Å². The number of hydrogen-bond acceptors (Lipinski definition) is 4. The van der Waals surface area contributed by atoms with Crippen LogP contribution in [0.25, 0.3) is 0 Å². The van der Waals surface area contributed by atoms with Crippen molar-refractivity contribution in [3.05, 3.63) is 35.6 Å². The van der Waals surface area contributed by atoms with Crippen molar-refractivity contribution in [3.63, 3.8) is 0 Å². The van der Waals surface area contributed by atoms with Gasteiger partial charge in [0.05, 0.1) is 6.04 Å². The van der Waals surface area contributed by atoms with Crippen LogP contribution in [0.5, 0.6) is 0 Å². The number of Topliss-reactive ketones (excluding diaryl/α,β-unsaturated/α-hetero) is 1. The molecule has 0 unspecified atom stereocenters. The number of ketones is 1. The Balaban J connectivity index is 1.57. The Kier molecular flexibility index (Phi) is 7.19. The van der Waals surface area contributed by atoms with Gasteiger partial charge in [0.1, 0.15) is 18.5 Å². The Morgan fingerprint density at radius 1 is 1.26 bits per heavy atom. The average molecular weight is 494 g/mol. The molecule has 2 aliphatic heterocycles. The summed E-state index contributed by atoms with van der Waals surface area (Å²) in [6.07, 6.45) is 2.71. The van der Waals surface area contributed by atoms with E-state index < -0.39 is 53.8 Å². The molecular formula is C25H30F3N3O4. The molecule has 1 aromatic carbocycles. The van der Waals surface area contributed by atoms with Crippen molar-refractivity contribution in [2.24, 2.45) is 17.8 Å². The van der Waals surface area contributed by atoms with E-state index in [1.165, 1.54) is 17.0 Å². The molecule has 3 amide bonds. The largest absolute Gasteiger partial charge is 0.356 e. The number of likely N-dealkylation sites (tertiary alicyclic amines) is 1. The summed E-state index contributed by atoms with van der Waals surface area (Å²) in [6.45, 7) is 0.350. The number of halogens is 3. The number of benzene rings is 1. The number of alkyl halides is 2. The second-order valence-corrected chi connectivity index (χ2v) is 9.94. The maximum Gasteiger partial charge on any atom is 0.265 e. The molecule has 1 saturated carbocycles. The number of nitrogens with one attached hydrogen (secondary N) is 2. The van der Waals surface area contributed by atoms with Gasteiger partial charge in [-0.2, -0.15) is 0 Å². The van der Waals surface area contributed by atoms with Gasteiger partial charge in [0.15, 0.2) is 5.78 Å². The van der Waals surface area contributed by atoms with Gasteiger partial charge in [0.2, 0.25) is 17.5 Å². The highest BCUT2D eigenvalue weighted by Gasteiger charge is 2.53. The minimum Gasteiger partial charge on any atom is -0.356 e. The molecule has 10 heteroatoms. The van der Waals surface area contributed by atoms with Crippen molar-refractivity contribution >= 4 is 23.5 Å². The van der Waals surface area contributed by atoms with Crippen LogP contribution in [0.3, 0.4) is 0 Å². The lowest BCUT2D eigenvalue weighted by Crippen LogP contribution is -2.55. The van der Waals surface area contributed by atoms with Crippen molar-refractivity contribution < 1.29 is 32.3 Å². The zero-order valence-electron chi connectivity index (χ0n) is 19.6. The zero-order valence-corrected chi connectivity index (χ0v) is 19.6. The third-order valence-electron chi connectivity index (χ3n) is 7.71. The van der Waals surface area contributed by atoms with E-state index in [0.29, 0.717) is 19.4 Å². The number of hydrogen-bond donors (Lipinski definition) is 2. The van der Waals surface area contributed by atoms with E-state index >= 15 is 4.39 Å². The molecular weight excluding hydrogens is 463 g/mol. The first-order chi connectivity index (χ1) is 16.6. The van der Waals surface area contributed by atoms with E-state index in [9.17, 15) is 28.0 Å². The summed E-state index contributed by atoms with van der Waals surface area (Å²) in [7, 11) is 0. The maximum atomic E-state index is 15.8. The first kappa shape index (κ1) is 25.2. The predicted octanol–water partition coefficient (Wildman–Crippen LogP) is 2.19. The van der Waals surface area contributed by atoms with Crippen LogP contribution in [0.2, 0.25) is 0 Å². The van der Waals surface area contributed by atoms with E-state index in [1.807, 2.05) is 0 Å². The highest BCUT2D eigenvalue weighted by Crippen LogP contribution is 2.44. The Hall–Kier alpha value is -2.91.